The first-order chi connectivity index (χ1) is 8.59. The van der Waals surface area contributed by atoms with Crippen molar-refractivity contribution in [3.05, 3.63) is 42.5 Å². The molecule has 0 aromatic heterocycles. The number of benzene rings is 2. The molecule has 94 valence electrons. The predicted molar refractivity (Wildman–Crippen MR) is 73.8 cm³/mol. The Kier molecular flexibility index (Phi) is 3.51. The van der Waals surface area contributed by atoms with Crippen molar-refractivity contribution in [3.8, 4) is 0 Å². The molecule has 0 amide bonds. The lowest BCUT2D eigenvalue weighted by Gasteiger charge is -2.20. The fourth-order valence-corrected chi connectivity index (χ4v) is 2.03. The zero-order chi connectivity index (χ0) is 13.1. The fourth-order valence-electron chi connectivity index (χ4n) is 2.03. The predicted octanol–water partition coefficient (Wildman–Crippen LogP) is 3.36. The van der Waals surface area contributed by atoms with Crippen molar-refractivity contribution >= 4 is 22.4 Å². The van der Waals surface area contributed by atoms with Gasteiger partial charge in [0.05, 0.1) is 0 Å². The lowest BCUT2D eigenvalue weighted by atomic mass is 10.0. The van der Waals surface area contributed by atoms with Crippen LogP contribution in [0, 0.1) is 5.92 Å². The highest BCUT2D eigenvalue weighted by atomic mass is 16.4. The maximum Gasteiger partial charge on any atom is 0.326 e. The molecule has 0 bridgehead atoms. The second-order valence-electron chi connectivity index (χ2n) is 4.73. The van der Waals surface area contributed by atoms with E-state index in [0.717, 1.165) is 16.5 Å². The van der Waals surface area contributed by atoms with Gasteiger partial charge in [0.15, 0.2) is 0 Å². The van der Waals surface area contributed by atoms with Crippen molar-refractivity contribution in [2.45, 2.75) is 19.9 Å². The molecule has 1 unspecified atom stereocenters. The Labute approximate surface area is 106 Å². The summed E-state index contributed by atoms with van der Waals surface area (Å²) in [6.07, 6.45) is 0. The van der Waals surface area contributed by atoms with Crippen LogP contribution in [-0.2, 0) is 4.79 Å². The summed E-state index contributed by atoms with van der Waals surface area (Å²) >= 11 is 0. The molecule has 2 aromatic rings. The van der Waals surface area contributed by atoms with Crippen LogP contribution in [0.4, 0.5) is 5.69 Å². The molecule has 2 rings (SSSR count). The molecule has 1 atom stereocenters. The van der Waals surface area contributed by atoms with Crippen LogP contribution in [0.3, 0.4) is 0 Å². The molecule has 2 aromatic carbocycles. The summed E-state index contributed by atoms with van der Waals surface area (Å²) < 4.78 is 0. The van der Waals surface area contributed by atoms with E-state index in [1.54, 1.807) is 0 Å². The number of carboxylic acid groups (broad SMARTS) is 1. The Morgan fingerprint density at radius 3 is 2.44 bits per heavy atom. The molecule has 0 heterocycles. The Hall–Kier alpha value is -2.03. The van der Waals surface area contributed by atoms with Gasteiger partial charge in [-0.05, 0) is 17.4 Å². The average molecular weight is 243 g/mol. The monoisotopic (exact) mass is 243 g/mol. The third kappa shape index (κ3) is 2.45. The van der Waals surface area contributed by atoms with Crippen LogP contribution >= 0.6 is 0 Å². The van der Waals surface area contributed by atoms with E-state index in [-0.39, 0.29) is 5.92 Å². The van der Waals surface area contributed by atoms with Crippen LogP contribution in [0.25, 0.3) is 10.8 Å². The van der Waals surface area contributed by atoms with E-state index in [4.69, 9.17) is 0 Å². The molecule has 3 nitrogen and oxygen atoms in total. The zero-order valence-electron chi connectivity index (χ0n) is 10.6. The number of hydrogen-bond acceptors (Lipinski definition) is 2. The van der Waals surface area contributed by atoms with Crippen molar-refractivity contribution in [3.63, 3.8) is 0 Å². The quantitative estimate of drug-likeness (QED) is 0.865. The van der Waals surface area contributed by atoms with Gasteiger partial charge in [0.1, 0.15) is 6.04 Å². The van der Waals surface area contributed by atoms with E-state index >= 15 is 0 Å². The van der Waals surface area contributed by atoms with E-state index in [1.807, 2.05) is 56.3 Å². The van der Waals surface area contributed by atoms with Gasteiger partial charge in [-0.3, -0.25) is 0 Å². The number of hydrogen-bond donors (Lipinski definition) is 2. The molecular weight excluding hydrogens is 226 g/mol. The summed E-state index contributed by atoms with van der Waals surface area (Å²) in [4.78, 5) is 11.2. The van der Waals surface area contributed by atoms with Gasteiger partial charge >= 0.3 is 5.97 Å². The summed E-state index contributed by atoms with van der Waals surface area (Å²) in [6, 6.07) is 13.2. The number of nitrogens with one attached hydrogen (secondary N) is 1. The van der Waals surface area contributed by atoms with E-state index in [9.17, 15) is 9.90 Å². The number of aliphatic carboxylic acids is 1. The summed E-state index contributed by atoms with van der Waals surface area (Å²) in [7, 11) is 0. The summed E-state index contributed by atoms with van der Waals surface area (Å²) in [5.41, 5.74) is 0.870. The maximum atomic E-state index is 11.2. The molecule has 0 aliphatic rings. The summed E-state index contributed by atoms with van der Waals surface area (Å²) in [5, 5.41) is 14.5. The molecule has 0 saturated carbocycles. The minimum atomic E-state index is -0.821. The number of fused-ring (bicyclic) bond motifs is 1. The molecule has 0 radical (unpaired) electrons. The highest BCUT2D eigenvalue weighted by Gasteiger charge is 2.21. The van der Waals surface area contributed by atoms with Gasteiger partial charge in [-0.2, -0.15) is 0 Å². The van der Waals surface area contributed by atoms with Crippen LogP contribution in [0.1, 0.15) is 13.8 Å². The molecule has 3 heteroatoms. The molecule has 0 aliphatic carbocycles. The van der Waals surface area contributed by atoms with Crippen LogP contribution in [0.15, 0.2) is 42.5 Å². The lowest BCUT2D eigenvalue weighted by molar-refractivity contribution is -0.138. The van der Waals surface area contributed by atoms with Gasteiger partial charge in [-0.1, -0.05) is 50.2 Å². The molecule has 18 heavy (non-hydrogen) atoms. The van der Waals surface area contributed by atoms with Crippen LogP contribution in [-0.4, -0.2) is 17.1 Å². The summed E-state index contributed by atoms with van der Waals surface area (Å²) in [6.45, 7) is 3.80. The number of carbonyl (C=O) groups is 1. The van der Waals surface area contributed by atoms with Crippen LogP contribution in [0.2, 0.25) is 0 Å². The fraction of sp³-hybridized carbons (Fsp3) is 0.267. The number of carboxylic acids is 1. The molecule has 0 aliphatic heterocycles. The third-order valence-corrected chi connectivity index (χ3v) is 3.03. The first kappa shape index (κ1) is 12.4. The van der Waals surface area contributed by atoms with Gasteiger partial charge in [0.25, 0.3) is 0 Å². The molecule has 0 fully saturated rings. The molecular formula is C15H17NO2. The third-order valence-electron chi connectivity index (χ3n) is 3.03. The van der Waals surface area contributed by atoms with Gasteiger partial charge in [0, 0.05) is 11.1 Å². The van der Waals surface area contributed by atoms with Crippen molar-refractivity contribution < 1.29 is 9.90 Å². The maximum absolute atomic E-state index is 11.2. The SMILES string of the molecule is CC(C)C(Nc1cccc2ccccc12)C(=O)O. The Balaban J connectivity index is 2.39. The van der Waals surface area contributed by atoms with Crippen molar-refractivity contribution in [2.75, 3.05) is 5.32 Å². The minimum Gasteiger partial charge on any atom is -0.480 e. The zero-order valence-corrected chi connectivity index (χ0v) is 10.6. The van der Waals surface area contributed by atoms with Crippen LogP contribution in [0.5, 0.6) is 0 Å². The van der Waals surface area contributed by atoms with Gasteiger partial charge in [-0.15, -0.1) is 0 Å². The minimum absolute atomic E-state index is 0.0291. The van der Waals surface area contributed by atoms with Gasteiger partial charge < -0.3 is 10.4 Å². The summed E-state index contributed by atoms with van der Waals surface area (Å²) in [5.74, 6) is -0.792. The van der Waals surface area contributed by atoms with E-state index in [1.165, 1.54) is 0 Å². The van der Waals surface area contributed by atoms with E-state index < -0.39 is 12.0 Å². The Bertz CT molecular complexity index is 558. The largest absolute Gasteiger partial charge is 0.480 e. The Morgan fingerprint density at radius 2 is 1.78 bits per heavy atom. The first-order valence-electron chi connectivity index (χ1n) is 6.06. The van der Waals surface area contributed by atoms with E-state index in [0.29, 0.717) is 0 Å². The van der Waals surface area contributed by atoms with Crippen molar-refractivity contribution in [1.82, 2.24) is 0 Å². The Morgan fingerprint density at radius 1 is 1.11 bits per heavy atom. The highest BCUT2D eigenvalue weighted by molar-refractivity contribution is 5.95. The smallest absolute Gasteiger partial charge is 0.326 e. The average Bonchev–Trinajstić information content (AvgIpc) is 2.35. The molecule has 2 N–H and O–H groups in total. The van der Waals surface area contributed by atoms with Crippen LogP contribution < -0.4 is 5.32 Å². The first-order valence-corrected chi connectivity index (χ1v) is 6.06. The van der Waals surface area contributed by atoms with E-state index in [2.05, 4.69) is 5.32 Å². The normalized spacial score (nSPS) is 12.6. The molecule has 0 spiro atoms. The topological polar surface area (TPSA) is 49.3 Å². The van der Waals surface area contributed by atoms with Crippen molar-refractivity contribution in [1.29, 1.82) is 0 Å². The number of rotatable bonds is 4. The van der Waals surface area contributed by atoms with Gasteiger partial charge in [0.2, 0.25) is 0 Å². The lowest BCUT2D eigenvalue weighted by Crippen LogP contribution is -2.34. The second kappa shape index (κ2) is 5.08. The standard InChI is InChI=1S/C15H17NO2/c1-10(2)14(15(17)18)16-13-9-5-7-11-6-3-4-8-12(11)13/h3-10,14,16H,1-2H3,(H,17,18). The van der Waals surface area contributed by atoms with Crippen molar-refractivity contribution in [2.24, 2.45) is 5.92 Å². The molecule has 0 saturated heterocycles. The number of anilines is 1. The second-order valence-corrected chi connectivity index (χ2v) is 4.73. The highest BCUT2D eigenvalue weighted by Crippen LogP contribution is 2.24. The van der Waals surface area contributed by atoms with Gasteiger partial charge in [-0.25, -0.2) is 4.79 Å².